The Bertz CT molecular complexity index is 2430. The summed E-state index contributed by atoms with van der Waals surface area (Å²) in [4.78, 5) is 4.26. The van der Waals surface area contributed by atoms with Crippen molar-refractivity contribution in [3.05, 3.63) is 191 Å². The predicted octanol–water partition coefficient (Wildman–Crippen LogP) is 10.2. The molecule has 3 aliphatic rings. The first-order valence-corrected chi connectivity index (χ1v) is 20.0. The Labute approximate surface area is 349 Å². The average molecular weight is 777 g/mol. The van der Waals surface area contributed by atoms with E-state index < -0.39 is 0 Å². The Morgan fingerprint density at radius 3 is 1.02 bits per heavy atom. The van der Waals surface area contributed by atoms with Crippen LogP contribution in [-0.4, -0.2) is 83.7 Å². The zero-order chi connectivity index (χ0) is 41.2. The van der Waals surface area contributed by atoms with E-state index in [1.54, 1.807) is 0 Å². The molecule has 0 aromatic heterocycles. The van der Waals surface area contributed by atoms with Gasteiger partial charge in [0.25, 0.3) is 0 Å². The molecule has 6 heteroatoms. The number of fused-ring (bicyclic) bond motifs is 1. The van der Waals surface area contributed by atoms with Crippen LogP contribution in [0.1, 0.15) is 22.3 Å². The minimum Gasteiger partial charge on any atom is -0.454 e. The van der Waals surface area contributed by atoms with Crippen molar-refractivity contribution in [2.75, 3.05) is 73.0 Å². The lowest BCUT2D eigenvalue weighted by molar-refractivity contribution is -0.462. The number of hydrogen-bond acceptors (Lipinski definition) is 4. The molecule has 0 spiro atoms. The van der Waals surface area contributed by atoms with Crippen molar-refractivity contribution in [2.45, 2.75) is 0 Å². The molecule has 0 saturated carbocycles. The molecule has 1 aliphatic heterocycles. The number of nitrogens with zero attached hydrogens (tertiary/aromatic N) is 4. The molecular weight excluding hydrogens is 725 g/mol. The highest BCUT2D eigenvalue weighted by Crippen LogP contribution is 2.44. The normalized spacial score (nSPS) is 13.9. The van der Waals surface area contributed by atoms with E-state index in [1.165, 1.54) is 56.2 Å². The van der Waals surface area contributed by atoms with Crippen LogP contribution in [0.2, 0.25) is 0 Å². The first-order valence-electron chi connectivity index (χ1n) is 20.0. The van der Waals surface area contributed by atoms with Gasteiger partial charge in [0.05, 0.1) is 0 Å². The molecule has 0 atom stereocenters. The molecule has 1 heterocycles. The van der Waals surface area contributed by atoms with Crippen LogP contribution in [0.5, 0.6) is 11.5 Å². The monoisotopic (exact) mass is 776 g/mol. The summed E-state index contributed by atoms with van der Waals surface area (Å²) < 4.78 is 16.1. The van der Waals surface area contributed by atoms with Gasteiger partial charge in [0.2, 0.25) is 6.79 Å². The Kier molecular flexibility index (Phi) is 10.9. The van der Waals surface area contributed by atoms with Crippen molar-refractivity contribution in [3.63, 3.8) is 0 Å². The number of allylic oxidation sites excluding steroid dienone is 10. The second kappa shape index (κ2) is 16.5. The van der Waals surface area contributed by atoms with Gasteiger partial charge in [0, 0.05) is 63.9 Å². The quantitative estimate of drug-likeness (QED) is 0.147. The molecule has 0 saturated heterocycles. The molecule has 0 fully saturated rings. The highest BCUT2D eigenvalue weighted by molar-refractivity contribution is 6.05. The molecule has 59 heavy (non-hydrogen) atoms. The Hall–Kier alpha value is -6.92. The lowest BCUT2D eigenvalue weighted by Crippen LogP contribution is -2.10. The van der Waals surface area contributed by atoms with E-state index >= 15 is 0 Å². The van der Waals surface area contributed by atoms with Crippen LogP contribution in [0.3, 0.4) is 0 Å². The topological polar surface area (TPSA) is 31.0 Å². The fourth-order valence-electron chi connectivity index (χ4n) is 7.76. The average Bonchev–Trinajstić information content (AvgIpc) is 3.72. The molecule has 5 aromatic rings. The summed E-state index contributed by atoms with van der Waals surface area (Å²) in [6.45, 7) is 0.213. The summed E-state index contributed by atoms with van der Waals surface area (Å²) in [6, 6.07) is 39.8. The van der Waals surface area contributed by atoms with Gasteiger partial charge < -0.3 is 19.3 Å². The van der Waals surface area contributed by atoms with Gasteiger partial charge in [-0.15, -0.1) is 0 Å². The summed E-state index contributed by atoms with van der Waals surface area (Å²) in [5.41, 5.74) is 18.4. The molecule has 0 N–H and O–H groups in total. The summed E-state index contributed by atoms with van der Waals surface area (Å²) in [6.07, 6.45) is 17.6. The predicted molar refractivity (Wildman–Crippen MR) is 248 cm³/mol. The van der Waals surface area contributed by atoms with Gasteiger partial charge in [-0.25, -0.2) is 9.15 Å². The Morgan fingerprint density at radius 1 is 0.424 bits per heavy atom. The number of hydrogen-bond donors (Lipinski definition) is 0. The zero-order valence-corrected chi connectivity index (χ0v) is 35.3. The van der Waals surface area contributed by atoms with Crippen LogP contribution in [0.25, 0.3) is 33.4 Å². The van der Waals surface area contributed by atoms with Gasteiger partial charge >= 0.3 is 0 Å². The van der Waals surface area contributed by atoms with Gasteiger partial charge in [-0.3, -0.25) is 0 Å². The summed E-state index contributed by atoms with van der Waals surface area (Å²) in [5, 5.41) is 0. The number of rotatable bonds is 8. The van der Waals surface area contributed by atoms with Gasteiger partial charge in [-0.2, -0.15) is 0 Å². The fraction of sp³-hybridized carbons (Fsp3) is 0.170. The first kappa shape index (κ1) is 38.9. The van der Waals surface area contributed by atoms with E-state index in [9.17, 15) is 0 Å². The second-order valence-electron chi connectivity index (χ2n) is 15.9. The third-order valence-electron chi connectivity index (χ3n) is 11.2. The third-order valence-corrected chi connectivity index (χ3v) is 11.2. The van der Waals surface area contributed by atoms with Crippen LogP contribution >= 0.6 is 0 Å². The standard InChI is InChI=1S/C53H52N4O2/c1-54(2)44-25-17-40(18-26-44)52(41-19-27-45(28-20-41)55(3)4)38-13-9-36(10-14-38)48-33-50-51(59-35-58-50)34-49(48)37-11-15-39(16-12-37)53(42-21-29-46(30-22-42)56(5)6)43-23-31-47(32-24-43)57(7)8/h9-34H,35H2,1-8H3/q+2. The van der Waals surface area contributed by atoms with Crippen molar-refractivity contribution in [3.8, 4) is 33.8 Å². The van der Waals surface area contributed by atoms with Crippen LogP contribution in [-0.2, 0) is 0 Å². The molecule has 0 unspecified atom stereocenters. The van der Waals surface area contributed by atoms with E-state index in [4.69, 9.17) is 9.47 Å². The van der Waals surface area contributed by atoms with E-state index in [0.717, 1.165) is 44.9 Å². The number of anilines is 2. The summed E-state index contributed by atoms with van der Waals surface area (Å²) in [5.74, 6) is 1.52. The SMILES string of the molecule is CN(C)c1ccc(C(=C2C=CC(=[N+](C)C)C=C2)c2ccc(-c3cc4c(cc3-c3ccc(C(=C5C=CC(=[N+](C)C)C=C5)c5ccc(N(C)C)cc5)cc3)OCO4)cc2)cc1. The Balaban J connectivity index is 1.19. The summed E-state index contributed by atoms with van der Waals surface area (Å²) in [7, 11) is 16.6. The minimum absolute atomic E-state index is 0.213. The highest BCUT2D eigenvalue weighted by atomic mass is 16.7. The van der Waals surface area contributed by atoms with Crippen molar-refractivity contribution in [2.24, 2.45) is 0 Å². The number of benzene rings is 5. The highest BCUT2D eigenvalue weighted by Gasteiger charge is 2.21. The van der Waals surface area contributed by atoms with Crippen molar-refractivity contribution < 1.29 is 18.6 Å². The third kappa shape index (κ3) is 8.12. The molecule has 0 bridgehead atoms. The van der Waals surface area contributed by atoms with Crippen LogP contribution in [0, 0.1) is 0 Å². The number of ether oxygens (including phenoxy) is 2. The molecule has 294 valence electrons. The largest absolute Gasteiger partial charge is 0.454 e. The van der Waals surface area contributed by atoms with E-state index in [0.29, 0.717) is 0 Å². The minimum atomic E-state index is 0.213. The van der Waals surface area contributed by atoms with Gasteiger partial charge in [0.15, 0.2) is 22.9 Å². The smallest absolute Gasteiger partial charge is 0.231 e. The van der Waals surface area contributed by atoms with Gasteiger partial charge in [-0.1, -0.05) is 72.8 Å². The first-order chi connectivity index (χ1) is 28.5. The van der Waals surface area contributed by atoms with E-state index in [2.05, 4.69) is 233 Å². The molecule has 5 aromatic carbocycles. The fourth-order valence-corrected chi connectivity index (χ4v) is 7.76. The van der Waals surface area contributed by atoms with Gasteiger partial charge in [-0.05, 0) is 128 Å². The maximum Gasteiger partial charge on any atom is 0.231 e. The van der Waals surface area contributed by atoms with Crippen LogP contribution in [0.15, 0.2) is 169 Å². The van der Waals surface area contributed by atoms with E-state index in [1.807, 2.05) is 0 Å². The van der Waals surface area contributed by atoms with Crippen LogP contribution < -0.4 is 19.3 Å². The maximum absolute atomic E-state index is 5.93. The van der Waals surface area contributed by atoms with Crippen molar-refractivity contribution >= 4 is 33.9 Å². The molecule has 0 radical (unpaired) electrons. The summed E-state index contributed by atoms with van der Waals surface area (Å²) >= 11 is 0. The van der Waals surface area contributed by atoms with E-state index in [-0.39, 0.29) is 6.79 Å². The second-order valence-corrected chi connectivity index (χ2v) is 15.9. The molecule has 2 aliphatic carbocycles. The maximum atomic E-state index is 5.93. The van der Waals surface area contributed by atoms with Crippen molar-refractivity contribution in [1.29, 1.82) is 0 Å². The lowest BCUT2D eigenvalue weighted by atomic mass is 9.87. The van der Waals surface area contributed by atoms with Crippen molar-refractivity contribution in [1.82, 2.24) is 0 Å². The van der Waals surface area contributed by atoms with Crippen LogP contribution in [0.4, 0.5) is 11.4 Å². The Morgan fingerprint density at radius 2 is 0.729 bits per heavy atom. The zero-order valence-electron chi connectivity index (χ0n) is 35.3. The molecule has 6 nitrogen and oxygen atoms in total. The van der Waals surface area contributed by atoms with Gasteiger partial charge in [0.1, 0.15) is 28.2 Å². The molecular formula is C53H52N4O2+2. The molecule has 0 amide bonds. The lowest BCUT2D eigenvalue weighted by Gasteiger charge is -2.18. The molecule has 8 rings (SSSR count).